The van der Waals surface area contributed by atoms with Crippen LogP contribution in [0.1, 0.15) is 44.2 Å². The van der Waals surface area contributed by atoms with Gasteiger partial charge >= 0.3 is 12.0 Å². The molecule has 0 radical (unpaired) electrons. The minimum Gasteiger partial charge on any atom is -0.508 e. The summed E-state index contributed by atoms with van der Waals surface area (Å²) in [5, 5.41) is 15.1. The van der Waals surface area contributed by atoms with Gasteiger partial charge in [-0.1, -0.05) is 19.1 Å². The van der Waals surface area contributed by atoms with Crippen LogP contribution in [0.3, 0.4) is 0 Å². The molecule has 2 aliphatic rings. The molecule has 8 nitrogen and oxygen atoms in total. The Kier molecular flexibility index (Phi) is 6.18. The summed E-state index contributed by atoms with van der Waals surface area (Å²) in [6.07, 6.45) is 3.43. The number of hydrogen-bond acceptors (Lipinski definition) is 5. The lowest BCUT2D eigenvalue weighted by atomic mass is 9.94. The highest BCUT2D eigenvalue weighted by Crippen LogP contribution is 2.30. The average Bonchev–Trinajstić information content (AvgIpc) is 2.71. The second-order valence-electron chi connectivity index (χ2n) is 6.89. The van der Waals surface area contributed by atoms with Crippen LogP contribution in [0.25, 0.3) is 0 Å². The number of esters is 1. The van der Waals surface area contributed by atoms with Crippen LogP contribution in [-0.2, 0) is 14.3 Å². The van der Waals surface area contributed by atoms with Gasteiger partial charge in [-0.25, -0.2) is 9.59 Å². The van der Waals surface area contributed by atoms with E-state index >= 15 is 0 Å². The van der Waals surface area contributed by atoms with Crippen molar-refractivity contribution in [3.05, 3.63) is 41.1 Å². The predicted molar refractivity (Wildman–Crippen MR) is 101 cm³/mol. The van der Waals surface area contributed by atoms with E-state index < -0.39 is 18.0 Å². The minimum absolute atomic E-state index is 0.0244. The van der Waals surface area contributed by atoms with E-state index in [-0.39, 0.29) is 23.8 Å². The maximum absolute atomic E-state index is 12.8. The highest BCUT2D eigenvalue weighted by molar-refractivity contribution is 5.96. The monoisotopic (exact) mass is 387 g/mol. The maximum atomic E-state index is 12.8. The number of phenols is 1. The number of phenolic OH excluding ortho intramolecular Hbond substituents is 1. The van der Waals surface area contributed by atoms with Gasteiger partial charge in [0.25, 0.3) is 5.91 Å². The molecule has 0 saturated carbocycles. The number of ether oxygens (including phenoxy) is 1. The van der Waals surface area contributed by atoms with E-state index in [1.54, 1.807) is 17.0 Å². The van der Waals surface area contributed by atoms with Crippen LogP contribution in [0.5, 0.6) is 5.75 Å². The van der Waals surface area contributed by atoms with Gasteiger partial charge in [0.05, 0.1) is 11.6 Å². The molecule has 1 fully saturated rings. The van der Waals surface area contributed by atoms with Crippen molar-refractivity contribution in [1.29, 1.82) is 0 Å². The van der Waals surface area contributed by atoms with Crippen LogP contribution in [0, 0.1) is 0 Å². The fraction of sp³-hybridized carbons (Fsp3) is 0.450. The molecule has 0 spiro atoms. The summed E-state index contributed by atoms with van der Waals surface area (Å²) in [6.45, 7) is 2.85. The van der Waals surface area contributed by atoms with Gasteiger partial charge in [0.2, 0.25) is 0 Å². The molecule has 3 rings (SSSR count). The molecule has 1 aromatic carbocycles. The van der Waals surface area contributed by atoms with Crippen molar-refractivity contribution in [3.8, 4) is 5.75 Å². The van der Waals surface area contributed by atoms with E-state index in [1.807, 2.05) is 6.92 Å². The lowest BCUT2D eigenvalue weighted by molar-refractivity contribution is -0.149. The van der Waals surface area contributed by atoms with Crippen LogP contribution < -0.4 is 10.6 Å². The zero-order valence-electron chi connectivity index (χ0n) is 15.9. The number of piperidine rings is 1. The van der Waals surface area contributed by atoms with E-state index in [4.69, 9.17) is 4.74 Å². The minimum atomic E-state index is -0.770. The van der Waals surface area contributed by atoms with Crippen LogP contribution in [0.2, 0.25) is 0 Å². The fourth-order valence-electron chi connectivity index (χ4n) is 3.53. The molecule has 1 atom stereocenters. The summed E-state index contributed by atoms with van der Waals surface area (Å²) < 4.78 is 5.30. The van der Waals surface area contributed by atoms with Crippen LogP contribution in [-0.4, -0.2) is 47.6 Å². The number of aromatic hydroxyl groups is 1. The topological polar surface area (TPSA) is 108 Å². The number of hydrogen-bond donors (Lipinski definition) is 3. The largest absolute Gasteiger partial charge is 0.508 e. The number of rotatable bonds is 5. The van der Waals surface area contributed by atoms with Crippen molar-refractivity contribution in [3.63, 3.8) is 0 Å². The van der Waals surface area contributed by atoms with Gasteiger partial charge in [-0.05, 0) is 43.4 Å². The van der Waals surface area contributed by atoms with Crippen molar-refractivity contribution in [1.82, 2.24) is 15.5 Å². The van der Waals surface area contributed by atoms with Gasteiger partial charge in [-0.2, -0.15) is 0 Å². The molecule has 0 aromatic heterocycles. The van der Waals surface area contributed by atoms with E-state index in [9.17, 15) is 19.5 Å². The number of benzene rings is 1. The number of allylic oxidation sites excluding steroid dienone is 1. The Morgan fingerprint density at radius 3 is 2.68 bits per heavy atom. The van der Waals surface area contributed by atoms with Crippen LogP contribution in [0.15, 0.2) is 35.5 Å². The lowest BCUT2D eigenvalue weighted by Crippen LogP contribution is -2.46. The van der Waals surface area contributed by atoms with Gasteiger partial charge in [0.1, 0.15) is 5.75 Å². The molecule has 2 aliphatic heterocycles. The van der Waals surface area contributed by atoms with E-state index in [0.717, 1.165) is 19.3 Å². The standard InChI is InChI=1S/C20H25N3O5/c1-2-15-17(19(26)28-12-16(25)23-9-4-3-5-10-23)18(22-20(27)21-15)13-7-6-8-14(24)11-13/h6-8,11,18,24H,2-5,9-10,12H2,1H3,(H2,21,22,27)/t18-/m0/s1. The molecule has 1 aromatic rings. The highest BCUT2D eigenvalue weighted by Gasteiger charge is 2.33. The molecular formula is C20H25N3O5. The third-order valence-electron chi connectivity index (χ3n) is 4.97. The van der Waals surface area contributed by atoms with Crippen LogP contribution >= 0.6 is 0 Å². The van der Waals surface area contributed by atoms with Crippen molar-refractivity contribution in [2.45, 2.75) is 38.6 Å². The molecule has 3 amide bonds. The average molecular weight is 387 g/mol. The fourth-order valence-corrected chi connectivity index (χ4v) is 3.53. The summed E-state index contributed by atoms with van der Waals surface area (Å²) in [7, 11) is 0. The second kappa shape index (κ2) is 8.77. The van der Waals surface area contributed by atoms with Gasteiger partial charge in [0.15, 0.2) is 6.61 Å². The molecule has 0 aliphatic carbocycles. The smallest absolute Gasteiger partial charge is 0.338 e. The van der Waals surface area contributed by atoms with Crippen molar-refractivity contribution >= 4 is 17.9 Å². The van der Waals surface area contributed by atoms with Gasteiger partial charge in [0, 0.05) is 18.8 Å². The summed E-state index contributed by atoms with van der Waals surface area (Å²) in [6, 6.07) is 5.12. The Bertz CT molecular complexity index is 799. The lowest BCUT2D eigenvalue weighted by Gasteiger charge is -2.30. The molecule has 1 saturated heterocycles. The molecule has 0 bridgehead atoms. The normalized spacial score (nSPS) is 19.7. The van der Waals surface area contributed by atoms with E-state index in [1.165, 1.54) is 12.1 Å². The van der Waals surface area contributed by atoms with E-state index in [2.05, 4.69) is 10.6 Å². The number of carbonyl (C=O) groups excluding carboxylic acids is 3. The molecule has 28 heavy (non-hydrogen) atoms. The highest BCUT2D eigenvalue weighted by atomic mass is 16.5. The summed E-state index contributed by atoms with van der Waals surface area (Å²) in [5.41, 5.74) is 1.22. The Hall–Kier alpha value is -3.03. The first kappa shape index (κ1) is 19.7. The number of amides is 3. The first-order valence-electron chi connectivity index (χ1n) is 9.54. The third kappa shape index (κ3) is 4.44. The molecule has 3 N–H and O–H groups in total. The number of carbonyl (C=O) groups is 3. The first-order chi connectivity index (χ1) is 13.5. The predicted octanol–water partition coefficient (Wildman–Crippen LogP) is 1.97. The van der Waals surface area contributed by atoms with Crippen molar-refractivity contribution < 1.29 is 24.2 Å². The molecule has 8 heteroatoms. The Labute approximate surface area is 163 Å². The molecule has 150 valence electrons. The number of nitrogens with one attached hydrogen (secondary N) is 2. The Morgan fingerprint density at radius 1 is 1.25 bits per heavy atom. The zero-order valence-corrected chi connectivity index (χ0v) is 15.9. The Balaban J connectivity index is 1.79. The zero-order chi connectivity index (χ0) is 20.1. The number of urea groups is 1. The summed E-state index contributed by atoms with van der Waals surface area (Å²) in [4.78, 5) is 38.8. The number of likely N-dealkylation sites (tertiary alicyclic amines) is 1. The molecular weight excluding hydrogens is 362 g/mol. The Morgan fingerprint density at radius 2 is 2.00 bits per heavy atom. The number of nitrogens with zero attached hydrogens (tertiary/aromatic N) is 1. The second-order valence-corrected chi connectivity index (χ2v) is 6.89. The summed E-state index contributed by atoms with van der Waals surface area (Å²) >= 11 is 0. The van der Waals surface area contributed by atoms with Crippen LogP contribution in [0.4, 0.5) is 4.79 Å². The third-order valence-corrected chi connectivity index (χ3v) is 4.97. The van der Waals surface area contributed by atoms with Crippen molar-refractivity contribution in [2.24, 2.45) is 0 Å². The van der Waals surface area contributed by atoms with Gasteiger partial charge in [-0.15, -0.1) is 0 Å². The molecule has 0 unspecified atom stereocenters. The van der Waals surface area contributed by atoms with Gasteiger partial charge in [-0.3, -0.25) is 4.79 Å². The van der Waals surface area contributed by atoms with Gasteiger partial charge < -0.3 is 25.4 Å². The summed E-state index contributed by atoms with van der Waals surface area (Å²) in [5.74, 6) is -0.854. The van der Waals surface area contributed by atoms with Crippen molar-refractivity contribution in [2.75, 3.05) is 19.7 Å². The quantitative estimate of drug-likeness (QED) is 0.670. The first-order valence-corrected chi connectivity index (χ1v) is 9.54. The molecule has 2 heterocycles. The maximum Gasteiger partial charge on any atom is 0.338 e. The SMILES string of the molecule is CCC1=C(C(=O)OCC(=O)N2CCCCC2)[C@H](c2cccc(O)c2)NC(=O)N1. The van der Waals surface area contributed by atoms with E-state index in [0.29, 0.717) is 30.8 Å².